The predicted octanol–water partition coefficient (Wildman–Crippen LogP) is 7.67. The number of carbonyl (C=O) groups excluding carboxylic acids is 1. The molecule has 6 heteroatoms. The summed E-state index contributed by atoms with van der Waals surface area (Å²) in [5.41, 5.74) is 4.45. The van der Waals surface area contributed by atoms with Crippen LogP contribution in [0.4, 0.5) is 5.13 Å². The number of anilines is 1. The number of hydrogen-bond donors (Lipinski definition) is 0. The van der Waals surface area contributed by atoms with E-state index in [-0.39, 0.29) is 5.91 Å². The van der Waals surface area contributed by atoms with Crippen molar-refractivity contribution >= 4 is 56.0 Å². The maximum atomic E-state index is 13.3. The van der Waals surface area contributed by atoms with E-state index in [0.717, 1.165) is 43.7 Å². The molecule has 0 radical (unpaired) electrons. The van der Waals surface area contributed by atoms with Gasteiger partial charge >= 0.3 is 0 Å². The number of aromatic nitrogens is 1. The molecule has 164 valence electrons. The van der Waals surface area contributed by atoms with Crippen LogP contribution in [0.15, 0.2) is 71.6 Å². The lowest BCUT2D eigenvalue weighted by molar-refractivity contribution is -0.118. The highest BCUT2D eigenvalue weighted by atomic mass is 35.5. The summed E-state index contributed by atoms with van der Waals surface area (Å²) in [5.74, 6) is 0.990. The number of thiazole rings is 1. The second-order valence-electron chi connectivity index (χ2n) is 7.80. The van der Waals surface area contributed by atoms with E-state index >= 15 is 0 Å². The minimum Gasteiger partial charge on any atom is -0.284 e. The monoisotopic (exact) mass is 480 g/mol. The quantitative estimate of drug-likeness (QED) is 0.191. The van der Waals surface area contributed by atoms with E-state index in [1.165, 1.54) is 10.5 Å². The van der Waals surface area contributed by atoms with Crippen LogP contribution < -0.4 is 4.90 Å². The number of carbonyl (C=O) groups is 1. The summed E-state index contributed by atoms with van der Waals surface area (Å²) in [5, 5.41) is 1.51. The Kier molecular flexibility index (Phi) is 7.51. The molecule has 0 aliphatic rings. The molecule has 3 nitrogen and oxygen atoms in total. The lowest BCUT2D eigenvalue weighted by Crippen LogP contribution is -2.30. The number of fused-ring (bicyclic) bond motifs is 1. The summed E-state index contributed by atoms with van der Waals surface area (Å²) in [6.45, 7) is 4.70. The van der Waals surface area contributed by atoms with Crippen LogP contribution in [-0.4, -0.2) is 16.6 Å². The number of thioether (sulfide) groups is 1. The Labute approximate surface area is 202 Å². The number of aryl methyl sites for hydroxylation is 2. The van der Waals surface area contributed by atoms with Crippen molar-refractivity contribution in [3.05, 3.63) is 88.4 Å². The van der Waals surface area contributed by atoms with Gasteiger partial charge in [-0.3, -0.25) is 9.69 Å². The first-order valence-corrected chi connectivity index (χ1v) is 12.8. The van der Waals surface area contributed by atoms with Gasteiger partial charge in [0.15, 0.2) is 5.13 Å². The van der Waals surface area contributed by atoms with Gasteiger partial charge in [-0.2, -0.15) is 0 Å². The maximum absolute atomic E-state index is 13.3. The van der Waals surface area contributed by atoms with Crippen LogP contribution in [0, 0.1) is 13.8 Å². The Morgan fingerprint density at radius 1 is 1.06 bits per heavy atom. The van der Waals surface area contributed by atoms with Crippen molar-refractivity contribution in [2.75, 3.05) is 10.7 Å². The molecular weight excluding hydrogens is 456 g/mol. The van der Waals surface area contributed by atoms with Gasteiger partial charge in [-0.1, -0.05) is 59.3 Å². The Bertz CT molecular complexity index is 1210. The van der Waals surface area contributed by atoms with Crippen molar-refractivity contribution < 1.29 is 4.79 Å². The molecule has 32 heavy (non-hydrogen) atoms. The molecule has 0 saturated heterocycles. The van der Waals surface area contributed by atoms with Gasteiger partial charge in [0.05, 0.1) is 16.8 Å². The molecule has 0 atom stereocenters. The fourth-order valence-corrected chi connectivity index (χ4v) is 5.72. The third-order valence-electron chi connectivity index (χ3n) is 5.15. The molecule has 1 aromatic heterocycles. The van der Waals surface area contributed by atoms with Crippen molar-refractivity contribution in [3.63, 3.8) is 0 Å². The summed E-state index contributed by atoms with van der Waals surface area (Å²) in [6, 6.07) is 22.2. The molecule has 0 bridgehead atoms. The molecule has 0 saturated carbocycles. The summed E-state index contributed by atoms with van der Waals surface area (Å²) in [4.78, 5) is 21.2. The first-order valence-electron chi connectivity index (χ1n) is 10.6. The van der Waals surface area contributed by atoms with Crippen LogP contribution in [0.1, 0.15) is 29.5 Å². The Morgan fingerprint density at radius 2 is 1.81 bits per heavy atom. The van der Waals surface area contributed by atoms with Crippen molar-refractivity contribution in [2.24, 2.45) is 0 Å². The van der Waals surface area contributed by atoms with Gasteiger partial charge in [0.25, 0.3) is 0 Å². The zero-order chi connectivity index (χ0) is 22.5. The standard InChI is InChI=1S/C26H25ClN2OS2/c1-18-15-19(2)25-23(16-18)32-26(28-25)29(17-20-7-4-3-5-8-20)24(30)9-6-14-31-22-12-10-21(27)11-13-22/h3-5,7-8,10-13,15-16H,6,9,14,17H2,1-2H3. The normalized spacial score (nSPS) is 11.1. The zero-order valence-corrected chi connectivity index (χ0v) is 20.6. The second kappa shape index (κ2) is 10.5. The number of amides is 1. The van der Waals surface area contributed by atoms with Gasteiger partial charge in [0.1, 0.15) is 0 Å². The number of benzene rings is 3. The third-order valence-corrected chi connectivity index (χ3v) is 7.53. The Morgan fingerprint density at radius 3 is 2.56 bits per heavy atom. The fourth-order valence-electron chi connectivity index (χ4n) is 3.58. The highest BCUT2D eigenvalue weighted by molar-refractivity contribution is 7.99. The molecular formula is C26H25ClN2OS2. The zero-order valence-electron chi connectivity index (χ0n) is 18.2. The van der Waals surface area contributed by atoms with Gasteiger partial charge in [0.2, 0.25) is 5.91 Å². The van der Waals surface area contributed by atoms with Gasteiger partial charge < -0.3 is 0 Å². The molecule has 4 aromatic rings. The number of hydrogen-bond acceptors (Lipinski definition) is 4. The summed E-state index contributed by atoms with van der Waals surface area (Å²) in [7, 11) is 0. The van der Waals surface area contributed by atoms with Gasteiger partial charge in [-0.05, 0) is 73.0 Å². The highest BCUT2D eigenvalue weighted by Gasteiger charge is 2.20. The van der Waals surface area contributed by atoms with Gasteiger partial charge in [-0.25, -0.2) is 4.98 Å². The van der Waals surface area contributed by atoms with E-state index in [2.05, 4.69) is 38.1 Å². The molecule has 0 aliphatic carbocycles. The second-order valence-corrected chi connectivity index (χ2v) is 10.4. The summed E-state index contributed by atoms with van der Waals surface area (Å²) >= 11 is 9.30. The van der Waals surface area contributed by atoms with Gasteiger partial charge in [-0.15, -0.1) is 11.8 Å². The number of rotatable bonds is 8. The maximum Gasteiger partial charge on any atom is 0.229 e. The summed E-state index contributed by atoms with van der Waals surface area (Å²) in [6.07, 6.45) is 1.29. The van der Waals surface area contributed by atoms with E-state index in [0.29, 0.717) is 13.0 Å². The lowest BCUT2D eigenvalue weighted by Gasteiger charge is -2.20. The topological polar surface area (TPSA) is 33.2 Å². The number of halogens is 1. The third kappa shape index (κ3) is 5.71. The SMILES string of the molecule is Cc1cc(C)c2nc(N(Cc3ccccc3)C(=O)CCCSc3ccc(Cl)cc3)sc2c1. The smallest absolute Gasteiger partial charge is 0.229 e. The van der Waals surface area contributed by atoms with E-state index in [1.54, 1.807) is 23.1 Å². The van der Waals surface area contributed by atoms with E-state index in [9.17, 15) is 4.79 Å². The molecule has 1 heterocycles. The first kappa shape index (κ1) is 22.8. The predicted molar refractivity (Wildman–Crippen MR) is 138 cm³/mol. The molecule has 0 aliphatic heterocycles. The number of nitrogens with zero attached hydrogens (tertiary/aromatic N) is 2. The molecule has 3 aromatic carbocycles. The molecule has 1 amide bonds. The minimum absolute atomic E-state index is 0.110. The molecule has 0 unspecified atom stereocenters. The van der Waals surface area contributed by atoms with Crippen LogP contribution in [0.25, 0.3) is 10.2 Å². The van der Waals surface area contributed by atoms with Crippen LogP contribution in [0.2, 0.25) is 5.02 Å². The van der Waals surface area contributed by atoms with E-state index in [4.69, 9.17) is 16.6 Å². The average molecular weight is 481 g/mol. The fraction of sp³-hybridized carbons (Fsp3) is 0.231. The van der Waals surface area contributed by atoms with Crippen LogP contribution in [-0.2, 0) is 11.3 Å². The average Bonchev–Trinajstić information content (AvgIpc) is 3.21. The Balaban J connectivity index is 1.49. The van der Waals surface area contributed by atoms with Crippen LogP contribution in [0.3, 0.4) is 0 Å². The van der Waals surface area contributed by atoms with Crippen LogP contribution >= 0.6 is 34.7 Å². The first-order chi connectivity index (χ1) is 15.5. The van der Waals surface area contributed by atoms with E-state index in [1.807, 2.05) is 47.4 Å². The Hall–Kier alpha value is -2.34. The van der Waals surface area contributed by atoms with Crippen LogP contribution in [0.5, 0.6) is 0 Å². The molecule has 0 N–H and O–H groups in total. The molecule has 0 fully saturated rings. The highest BCUT2D eigenvalue weighted by Crippen LogP contribution is 2.33. The van der Waals surface area contributed by atoms with Crippen molar-refractivity contribution in [1.82, 2.24) is 4.98 Å². The minimum atomic E-state index is 0.110. The van der Waals surface area contributed by atoms with Crippen molar-refractivity contribution in [1.29, 1.82) is 0 Å². The molecule has 4 rings (SSSR count). The lowest BCUT2D eigenvalue weighted by atomic mass is 10.1. The molecule has 0 spiro atoms. The van der Waals surface area contributed by atoms with Crippen molar-refractivity contribution in [2.45, 2.75) is 38.1 Å². The summed E-state index contributed by atoms with van der Waals surface area (Å²) < 4.78 is 1.13. The van der Waals surface area contributed by atoms with Crippen molar-refractivity contribution in [3.8, 4) is 0 Å². The van der Waals surface area contributed by atoms with Gasteiger partial charge in [0, 0.05) is 16.3 Å². The van der Waals surface area contributed by atoms with E-state index < -0.39 is 0 Å². The largest absolute Gasteiger partial charge is 0.284 e.